The molecular weight excluding hydrogens is 424 g/mol. The van der Waals surface area contributed by atoms with Crippen LogP contribution in [0, 0.1) is 0 Å². The van der Waals surface area contributed by atoms with E-state index in [2.05, 4.69) is 36.6 Å². The van der Waals surface area contributed by atoms with E-state index in [1.807, 2.05) is 0 Å². The van der Waals surface area contributed by atoms with Gasteiger partial charge in [0.2, 0.25) is 15.9 Å². The molecule has 0 bridgehead atoms. The number of carbonyl (C=O) groups is 1. The third-order valence-electron chi connectivity index (χ3n) is 3.27. The van der Waals surface area contributed by atoms with Crippen molar-refractivity contribution in [3.05, 3.63) is 27.1 Å². The van der Waals surface area contributed by atoms with Crippen LogP contribution in [0.25, 0.3) is 0 Å². The van der Waals surface area contributed by atoms with Crippen LogP contribution in [0.5, 0.6) is 0 Å². The molecule has 1 aromatic carbocycles. The third kappa shape index (κ3) is 4.51. The second kappa shape index (κ2) is 7.21. The monoisotopic (exact) mass is 438 g/mol. The summed E-state index contributed by atoms with van der Waals surface area (Å²) in [6, 6.07) is 4.84. The van der Waals surface area contributed by atoms with Gasteiger partial charge in [-0.25, -0.2) is 13.1 Å². The first-order chi connectivity index (χ1) is 9.90. The molecule has 0 radical (unpaired) electrons. The molecule has 1 aliphatic heterocycles. The SMILES string of the molecule is O=C(CCNS(=O)(=O)c1ccc(Br)cc1Br)N1CCCC1. The number of sulfonamides is 1. The largest absolute Gasteiger partial charge is 0.343 e. The van der Waals surface area contributed by atoms with Crippen LogP contribution in [0.3, 0.4) is 0 Å². The van der Waals surface area contributed by atoms with Crippen molar-refractivity contribution in [3.8, 4) is 0 Å². The lowest BCUT2D eigenvalue weighted by Gasteiger charge is -2.15. The molecule has 8 heteroatoms. The summed E-state index contributed by atoms with van der Waals surface area (Å²) in [5.41, 5.74) is 0. The minimum Gasteiger partial charge on any atom is -0.343 e. The number of nitrogens with one attached hydrogen (secondary N) is 1. The number of nitrogens with zero attached hydrogens (tertiary/aromatic N) is 1. The molecular formula is C13H16Br2N2O3S. The molecule has 1 N–H and O–H groups in total. The van der Waals surface area contributed by atoms with E-state index in [4.69, 9.17) is 0 Å². The highest BCUT2D eigenvalue weighted by atomic mass is 79.9. The van der Waals surface area contributed by atoms with Crippen molar-refractivity contribution in [2.24, 2.45) is 0 Å². The Kier molecular flexibility index (Phi) is 5.81. The molecule has 0 aliphatic carbocycles. The Bertz CT molecular complexity index is 628. The zero-order chi connectivity index (χ0) is 15.5. The van der Waals surface area contributed by atoms with Gasteiger partial charge in [-0.05, 0) is 47.0 Å². The number of amides is 1. The zero-order valence-electron chi connectivity index (χ0n) is 11.3. The number of hydrogen-bond acceptors (Lipinski definition) is 3. The maximum Gasteiger partial charge on any atom is 0.241 e. The summed E-state index contributed by atoms with van der Waals surface area (Å²) in [6.07, 6.45) is 2.25. The number of likely N-dealkylation sites (tertiary alicyclic amines) is 1. The lowest BCUT2D eigenvalue weighted by molar-refractivity contribution is -0.129. The van der Waals surface area contributed by atoms with E-state index >= 15 is 0 Å². The average molecular weight is 440 g/mol. The molecule has 1 aromatic rings. The standard InChI is InChI=1S/C13H16Br2N2O3S/c14-10-3-4-12(11(15)9-10)21(19,20)16-6-5-13(18)17-7-1-2-8-17/h3-4,9,16H,1-2,5-8H2. The highest BCUT2D eigenvalue weighted by Crippen LogP contribution is 2.25. The third-order valence-corrected chi connectivity index (χ3v) is 6.20. The van der Waals surface area contributed by atoms with Gasteiger partial charge in [-0.1, -0.05) is 15.9 Å². The van der Waals surface area contributed by atoms with Gasteiger partial charge in [0, 0.05) is 35.0 Å². The van der Waals surface area contributed by atoms with Crippen molar-refractivity contribution in [2.45, 2.75) is 24.2 Å². The van der Waals surface area contributed by atoms with Crippen LogP contribution in [0.2, 0.25) is 0 Å². The second-order valence-corrected chi connectivity index (χ2v) is 8.32. The van der Waals surface area contributed by atoms with Crippen molar-refractivity contribution < 1.29 is 13.2 Å². The fourth-order valence-electron chi connectivity index (χ4n) is 2.19. The van der Waals surface area contributed by atoms with Crippen LogP contribution in [-0.2, 0) is 14.8 Å². The number of hydrogen-bond donors (Lipinski definition) is 1. The molecule has 5 nitrogen and oxygen atoms in total. The van der Waals surface area contributed by atoms with Gasteiger partial charge in [0.05, 0.1) is 4.90 Å². The second-order valence-electron chi connectivity index (χ2n) is 4.81. The van der Waals surface area contributed by atoms with E-state index in [0.717, 1.165) is 30.4 Å². The van der Waals surface area contributed by atoms with E-state index in [0.29, 0.717) is 4.47 Å². The fourth-order valence-corrected chi connectivity index (χ4v) is 4.96. The van der Waals surface area contributed by atoms with Crippen LogP contribution < -0.4 is 4.72 Å². The zero-order valence-corrected chi connectivity index (χ0v) is 15.3. The Labute approximate surface area is 141 Å². The van der Waals surface area contributed by atoms with E-state index in [1.165, 1.54) is 6.07 Å². The van der Waals surface area contributed by atoms with Crippen molar-refractivity contribution in [2.75, 3.05) is 19.6 Å². The Morgan fingerprint density at radius 3 is 2.52 bits per heavy atom. The normalized spacial score (nSPS) is 15.4. The number of carbonyl (C=O) groups excluding carboxylic acids is 1. The van der Waals surface area contributed by atoms with Gasteiger partial charge in [0.1, 0.15) is 0 Å². The van der Waals surface area contributed by atoms with Crippen LogP contribution in [0.1, 0.15) is 19.3 Å². The summed E-state index contributed by atoms with van der Waals surface area (Å²) in [7, 11) is -3.62. The predicted molar refractivity (Wildman–Crippen MR) is 87.5 cm³/mol. The van der Waals surface area contributed by atoms with Crippen molar-refractivity contribution in [1.82, 2.24) is 9.62 Å². The molecule has 0 saturated carbocycles. The van der Waals surface area contributed by atoms with Gasteiger partial charge in [-0.15, -0.1) is 0 Å². The molecule has 1 fully saturated rings. The molecule has 116 valence electrons. The Hall–Kier alpha value is -0.440. The number of benzene rings is 1. The number of rotatable bonds is 5. The van der Waals surface area contributed by atoms with Gasteiger partial charge in [-0.3, -0.25) is 4.79 Å². The number of halogens is 2. The Morgan fingerprint density at radius 1 is 1.24 bits per heavy atom. The first kappa shape index (κ1) is 16.9. The topological polar surface area (TPSA) is 66.5 Å². The molecule has 0 unspecified atom stereocenters. The summed E-state index contributed by atoms with van der Waals surface area (Å²) in [5.74, 6) is 0.00470. The minimum absolute atomic E-state index is 0.00470. The minimum atomic E-state index is -3.62. The average Bonchev–Trinajstić information content (AvgIpc) is 2.91. The molecule has 1 heterocycles. The fraction of sp³-hybridized carbons (Fsp3) is 0.462. The summed E-state index contributed by atoms with van der Waals surface area (Å²) in [4.78, 5) is 13.8. The first-order valence-electron chi connectivity index (χ1n) is 6.62. The molecule has 2 rings (SSSR count). The summed E-state index contributed by atoms with van der Waals surface area (Å²) >= 11 is 6.51. The Morgan fingerprint density at radius 2 is 1.90 bits per heavy atom. The molecule has 0 atom stereocenters. The smallest absolute Gasteiger partial charge is 0.241 e. The van der Waals surface area contributed by atoms with E-state index in [1.54, 1.807) is 17.0 Å². The van der Waals surface area contributed by atoms with E-state index < -0.39 is 10.0 Å². The first-order valence-corrected chi connectivity index (χ1v) is 9.69. The van der Waals surface area contributed by atoms with Gasteiger partial charge >= 0.3 is 0 Å². The molecule has 1 aliphatic rings. The van der Waals surface area contributed by atoms with Gasteiger partial charge in [0.25, 0.3) is 0 Å². The van der Waals surface area contributed by atoms with E-state index in [9.17, 15) is 13.2 Å². The quantitative estimate of drug-likeness (QED) is 0.766. The predicted octanol–water partition coefficient (Wildman–Crippen LogP) is 2.50. The summed E-state index contributed by atoms with van der Waals surface area (Å²) < 4.78 is 28.1. The lowest BCUT2D eigenvalue weighted by atomic mass is 10.4. The maximum atomic E-state index is 12.2. The van der Waals surface area contributed by atoms with Crippen molar-refractivity contribution in [1.29, 1.82) is 0 Å². The van der Waals surface area contributed by atoms with Crippen molar-refractivity contribution in [3.63, 3.8) is 0 Å². The van der Waals surface area contributed by atoms with Gasteiger partial charge < -0.3 is 4.90 Å². The summed E-state index contributed by atoms with van der Waals surface area (Å²) in [5, 5.41) is 0. The van der Waals surface area contributed by atoms with E-state index in [-0.39, 0.29) is 23.8 Å². The van der Waals surface area contributed by atoms with Crippen LogP contribution in [0.15, 0.2) is 32.0 Å². The van der Waals surface area contributed by atoms with Crippen LogP contribution in [0.4, 0.5) is 0 Å². The van der Waals surface area contributed by atoms with Crippen LogP contribution >= 0.6 is 31.9 Å². The summed E-state index contributed by atoms with van der Waals surface area (Å²) in [6.45, 7) is 1.67. The van der Waals surface area contributed by atoms with Crippen LogP contribution in [-0.4, -0.2) is 38.9 Å². The highest BCUT2D eigenvalue weighted by Gasteiger charge is 2.20. The molecule has 0 spiro atoms. The molecule has 0 aromatic heterocycles. The highest BCUT2D eigenvalue weighted by molar-refractivity contribution is 9.11. The molecule has 1 amide bonds. The lowest BCUT2D eigenvalue weighted by Crippen LogP contribution is -2.32. The molecule has 1 saturated heterocycles. The van der Waals surface area contributed by atoms with Gasteiger partial charge in [0.15, 0.2) is 0 Å². The van der Waals surface area contributed by atoms with Crippen molar-refractivity contribution >= 4 is 47.8 Å². The molecule has 21 heavy (non-hydrogen) atoms. The van der Waals surface area contributed by atoms with Gasteiger partial charge in [-0.2, -0.15) is 0 Å². The maximum absolute atomic E-state index is 12.2. The Balaban J connectivity index is 1.93.